The molecule has 1 aliphatic rings. The Morgan fingerprint density at radius 2 is 2.29 bits per heavy atom. The van der Waals surface area contributed by atoms with Crippen LogP contribution in [0.3, 0.4) is 0 Å². The zero-order valence-electron chi connectivity index (χ0n) is 12.0. The predicted molar refractivity (Wildman–Crippen MR) is 80.8 cm³/mol. The maximum absolute atomic E-state index is 14.6. The largest absolute Gasteiger partial charge is 0.496 e. The van der Waals surface area contributed by atoms with Crippen molar-refractivity contribution >= 4 is 27.4 Å². The fourth-order valence-corrected chi connectivity index (χ4v) is 4.22. The first-order valence-electron chi connectivity index (χ1n) is 7.05. The molecule has 3 rings (SSSR count). The van der Waals surface area contributed by atoms with Gasteiger partial charge in [0.2, 0.25) is 0 Å². The van der Waals surface area contributed by atoms with Gasteiger partial charge >= 0.3 is 5.97 Å². The van der Waals surface area contributed by atoms with Gasteiger partial charge in [-0.05, 0) is 36.8 Å². The van der Waals surface area contributed by atoms with Crippen LogP contribution in [-0.2, 0) is 11.2 Å². The van der Waals surface area contributed by atoms with Gasteiger partial charge in [0.1, 0.15) is 11.6 Å². The van der Waals surface area contributed by atoms with E-state index < -0.39 is 5.97 Å². The Labute approximate surface area is 126 Å². The first-order valence-corrected chi connectivity index (χ1v) is 7.87. The lowest BCUT2D eigenvalue weighted by atomic mass is 10.1. The lowest BCUT2D eigenvalue weighted by molar-refractivity contribution is -0.137. The standard InChI is InChI=1S/C16H17FO3S/c1-3-9-12(20-2)7-14-11(16(9)17)6-13(21-14)10-4-8(10)5-15(18)19/h6-8,10H,3-5H2,1-2H3,(H,18,19). The van der Waals surface area contributed by atoms with E-state index in [1.54, 1.807) is 18.4 Å². The van der Waals surface area contributed by atoms with Gasteiger partial charge in [-0.15, -0.1) is 11.3 Å². The predicted octanol–water partition coefficient (Wildman–Crippen LogP) is 4.19. The zero-order valence-corrected chi connectivity index (χ0v) is 12.8. The molecule has 0 saturated heterocycles. The van der Waals surface area contributed by atoms with Crippen LogP contribution in [0.15, 0.2) is 12.1 Å². The second kappa shape index (κ2) is 5.30. The van der Waals surface area contributed by atoms with E-state index in [0.29, 0.717) is 23.1 Å². The molecular formula is C16H17FO3S. The highest BCUT2D eigenvalue weighted by Crippen LogP contribution is 2.53. The van der Waals surface area contributed by atoms with Crippen LogP contribution in [0.5, 0.6) is 5.75 Å². The Hall–Kier alpha value is -1.62. The average Bonchev–Trinajstić information content (AvgIpc) is 3.05. The maximum atomic E-state index is 14.6. The number of ether oxygens (including phenoxy) is 1. The van der Waals surface area contributed by atoms with Crippen molar-refractivity contribution < 1.29 is 19.0 Å². The molecule has 1 aliphatic carbocycles. The number of hydrogen-bond acceptors (Lipinski definition) is 3. The molecule has 0 aliphatic heterocycles. The molecule has 3 nitrogen and oxygen atoms in total. The van der Waals surface area contributed by atoms with Gasteiger partial charge in [0, 0.05) is 26.9 Å². The van der Waals surface area contributed by atoms with Gasteiger partial charge in [0.05, 0.1) is 7.11 Å². The Balaban J connectivity index is 1.97. The maximum Gasteiger partial charge on any atom is 0.303 e. The molecule has 0 bridgehead atoms. The third-order valence-corrected chi connectivity index (χ3v) is 5.35. The van der Waals surface area contributed by atoms with Crippen LogP contribution in [0.25, 0.3) is 10.1 Å². The summed E-state index contributed by atoms with van der Waals surface area (Å²) >= 11 is 1.55. The summed E-state index contributed by atoms with van der Waals surface area (Å²) in [6.07, 6.45) is 1.67. The summed E-state index contributed by atoms with van der Waals surface area (Å²) in [6, 6.07) is 3.78. The summed E-state index contributed by atoms with van der Waals surface area (Å²) in [7, 11) is 1.55. The number of thiophene rings is 1. The van der Waals surface area contributed by atoms with Crippen molar-refractivity contribution in [1.29, 1.82) is 0 Å². The number of halogens is 1. The summed E-state index contributed by atoms with van der Waals surface area (Å²) < 4.78 is 20.7. The van der Waals surface area contributed by atoms with E-state index in [1.807, 2.05) is 19.1 Å². The second-order valence-corrected chi connectivity index (χ2v) is 6.60. The number of benzene rings is 1. The monoisotopic (exact) mass is 308 g/mol. The Morgan fingerprint density at radius 1 is 1.52 bits per heavy atom. The van der Waals surface area contributed by atoms with Crippen LogP contribution in [-0.4, -0.2) is 18.2 Å². The highest BCUT2D eigenvalue weighted by molar-refractivity contribution is 7.19. The molecule has 0 radical (unpaired) electrons. The Morgan fingerprint density at radius 3 is 2.90 bits per heavy atom. The fourth-order valence-electron chi connectivity index (χ4n) is 2.92. The second-order valence-electron chi connectivity index (χ2n) is 5.49. The molecule has 1 aromatic carbocycles. The van der Waals surface area contributed by atoms with E-state index >= 15 is 0 Å². The van der Waals surface area contributed by atoms with Crippen LogP contribution in [0, 0.1) is 11.7 Å². The third-order valence-electron chi connectivity index (χ3n) is 4.14. The number of carboxylic acids is 1. The van der Waals surface area contributed by atoms with E-state index in [0.717, 1.165) is 16.0 Å². The molecule has 21 heavy (non-hydrogen) atoms. The third kappa shape index (κ3) is 2.50. The SMILES string of the molecule is CCc1c(OC)cc2sc(C3CC3CC(=O)O)cc2c1F. The van der Waals surface area contributed by atoms with Gasteiger partial charge in [0.25, 0.3) is 0 Å². The minimum atomic E-state index is -0.760. The van der Waals surface area contributed by atoms with E-state index in [4.69, 9.17) is 9.84 Å². The number of hydrogen-bond donors (Lipinski definition) is 1. The average molecular weight is 308 g/mol. The van der Waals surface area contributed by atoms with Crippen molar-refractivity contribution in [1.82, 2.24) is 0 Å². The normalized spacial score (nSPS) is 20.7. The van der Waals surface area contributed by atoms with Crippen LogP contribution in [0.1, 0.15) is 36.1 Å². The zero-order chi connectivity index (χ0) is 15.1. The molecule has 1 fully saturated rings. The molecule has 5 heteroatoms. The molecule has 2 unspecified atom stereocenters. The molecule has 2 atom stereocenters. The number of carboxylic acid groups (broad SMARTS) is 1. The molecular weight excluding hydrogens is 291 g/mol. The number of methoxy groups -OCH3 is 1. The lowest BCUT2D eigenvalue weighted by Gasteiger charge is -2.08. The smallest absolute Gasteiger partial charge is 0.303 e. The number of fused-ring (bicyclic) bond motifs is 1. The fraction of sp³-hybridized carbons (Fsp3) is 0.438. The van der Waals surface area contributed by atoms with Crippen molar-refractivity contribution in [3.63, 3.8) is 0 Å². The summed E-state index contributed by atoms with van der Waals surface area (Å²) in [5.41, 5.74) is 0.604. The van der Waals surface area contributed by atoms with Crippen LogP contribution < -0.4 is 4.74 Å². The van der Waals surface area contributed by atoms with Crippen molar-refractivity contribution in [3.8, 4) is 5.75 Å². The molecule has 0 amide bonds. The van der Waals surface area contributed by atoms with Gasteiger partial charge in [-0.1, -0.05) is 6.92 Å². The molecule has 0 spiro atoms. The molecule has 1 aromatic heterocycles. The number of rotatable bonds is 5. The summed E-state index contributed by atoms with van der Waals surface area (Å²) in [5.74, 6) is 0.100. The first-order chi connectivity index (χ1) is 10.0. The quantitative estimate of drug-likeness (QED) is 0.901. The molecule has 2 aromatic rings. The van der Waals surface area contributed by atoms with Crippen molar-refractivity contribution in [3.05, 3.63) is 28.4 Å². The van der Waals surface area contributed by atoms with E-state index in [2.05, 4.69) is 0 Å². The topological polar surface area (TPSA) is 46.5 Å². The summed E-state index contributed by atoms with van der Waals surface area (Å²) in [5, 5.41) is 9.47. The van der Waals surface area contributed by atoms with Crippen LogP contribution >= 0.6 is 11.3 Å². The van der Waals surface area contributed by atoms with Crippen molar-refractivity contribution in [2.75, 3.05) is 7.11 Å². The van der Waals surface area contributed by atoms with Crippen molar-refractivity contribution in [2.45, 2.75) is 32.1 Å². The highest BCUT2D eigenvalue weighted by atomic mass is 32.1. The van der Waals surface area contributed by atoms with Gasteiger partial charge in [-0.2, -0.15) is 0 Å². The van der Waals surface area contributed by atoms with Gasteiger partial charge < -0.3 is 9.84 Å². The number of aliphatic carboxylic acids is 1. The minimum Gasteiger partial charge on any atom is -0.496 e. The van der Waals surface area contributed by atoms with Gasteiger partial charge in [0.15, 0.2) is 0 Å². The summed E-state index contributed by atoms with van der Waals surface area (Å²) in [6.45, 7) is 1.91. The first kappa shape index (κ1) is 14.3. The van der Waals surface area contributed by atoms with E-state index in [1.165, 1.54) is 0 Å². The molecule has 112 valence electrons. The minimum absolute atomic E-state index is 0.199. The molecule has 1 saturated carbocycles. The van der Waals surface area contributed by atoms with Gasteiger partial charge in [-0.25, -0.2) is 4.39 Å². The lowest BCUT2D eigenvalue weighted by Crippen LogP contribution is -1.96. The highest BCUT2D eigenvalue weighted by Gasteiger charge is 2.40. The molecule has 1 N–H and O–H groups in total. The van der Waals surface area contributed by atoms with Crippen molar-refractivity contribution in [2.24, 2.45) is 5.92 Å². The Kier molecular flexibility index (Phi) is 3.61. The summed E-state index contributed by atoms with van der Waals surface area (Å²) in [4.78, 5) is 11.8. The van der Waals surface area contributed by atoms with E-state index in [9.17, 15) is 9.18 Å². The van der Waals surface area contributed by atoms with Crippen LogP contribution in [0.4, 0.5) is 4.39 Å². The number of carbonyl (C=O) groups is 1. The molecule has 1 heterocycles. The van der Waals surface area contributed by atoms with Crippen LogP contribution in [0.2, 0.25) is 0 Å². The van der Waals surface area contributed by atoms with Gasteiger partial charge in [-0.3, -0.25) is 4.79 Å². The Bertz CT molecular complexity index is 707. The van der Waals surface area contributed by atoms with E-state index in [-0.39, 0.29) is 24.1 Å².